The monoisotopic (exact) mass is 962 g/mol. The highest BCUT2D eigenvalue weighted by molar-refractivity contribution is 6.23. The molecule has 0 unspecified atom stereocenters. The van der Waals surface area contributed by atoms with Gasteiger partial charge in [-0.1, -0.05) is 121 Å². The van der Waals surface area contributed by atoms with E-state index in [9.17, 15) is 0 Å². The first kappa shape index (κ1) is 40.4. The molecule has 0 amide bonds. The maximum Gasteiger partial charge on any atom is 0.159 e. The number of hydrogen-bond acceptors (Lipinski definition) is 7. The fourth-order valence-corrected chi connectivity index (χ4v) is 12.0. The van der Waals surface area contributed by atoms with E-state index in [1.54, 1.807) is 0 Å². The van der Waals surface area contributed by atoms with Crippen LogP contribution < -0.4 is 9.80 Å². The Labute approximate surface area is 425 Å². The fourth-order valence-electron chi connectivity index (χ4n) is 12.0. The number of para-hydroxylation sites is 4. The standard InChI is InChI=1S/C68H38N2O5/c1-3-15-41(16-4-1)69(55-23-11-21-49-65-45-19-9-7-13-39(45)25-31-57(65)74-67(49)55)43-27-29-47-51-35-53-54-36-52-48-30-28-44(34-60(48)72-62(52)38-64(54)73-63(53)37-61(51)71-59(47)33-43)70(42-17-5-2-6-18-42)56-24-12-22-50-66-46-20-10-8-14-40(46)26-32-58(66)75-68(50)56/h1-38H. The van der Waals surface area contributed by atoms with Crippen molar-refractivity contribution in [3.63, 3.8) is 0 Å². The number of benzene rings is 12. The Kier molecular flexibility index (Phi) is 8.15. The summed E-state index contributed by atoms with van der Waals surface area (Å²) in [7, 11) is 0. The molecule has 17 aromatic rings. The topological polar surface area (TPSA) is 72.2 Å². The second-order valence-corrected chi connectivity index (χ2v) is 19.5. The molecule has 12 aromatic carbocycles. The third-order valence-corrected chi connectivity index (χ3v) is 15.4. The van der Waals surface area contributed by atoms with Crippen LogP contribution in [-0.4, -0.2) is 0 Å². The van der Waals surface area contributed by atoms with Gasteiger partial charge in [0.1, 0.15) is 44.7 Å². The molecule has 0 aliphatic heterocycles. The average Bonchev–Trinajstić information content (AvgIpc) is 4.29. The van der Waals surface area contributed by atoms with Crippen LogP contribution in [0.3, 0.4) is 0 Å². The van der Waals surface area contributed by atoms with E-state index >= 15 is 0 Å². The predicted octanol–water partition coefficient (Wildman–Crippen LogP) is 20.4. The summed E-state index contributed by atoms with van der Waals surface area (Å²) in [6.45, 7) is 0. The Bertz CT molecular complexity index is 4890. The molecule has 75 heavy (non-hydrogen) atoms. The molecule has 0 radical (unpaired) electrons. The first-order chi connectivity index (χ1) is 37.1. The van der Waals surface area contributed by atoms with Crippen LogP contribution in [0.4, 0.5) is 34.1 Å². The summed E-state index contributed by atoms with van der Waals surface area (Å²) in [5.41, 5.74) is 13.7. The molecule has 0 fully saturated rings. The number of rotatable bonds is 6. The molecule has 0 spiro atoms. The molecule has 0 aliphatic rings. The van der Waals surface area contributed by atoms with Gasteiger partial charge in [0.15, 0.2) is 11.2 Å². The maximum atomic E-state index is 6.76. The lowest BCUT2D eigenvalue weighted by molar-refractivity contribution is 0.651. The number of furan rings is 5. The second kappa shape index (κ2) is 15.1. The van der Waals surface area contributed by atoms with Crippen molar-refractivity contribution in [1.82, 2.24) is 0 Å². The zero-order valence-corrected chi connectivity index (χ0v) is 39.9. The van der Waals surface area contributed by atoms with Gasteiger partial charge in [-0.25, -0.2) is 0 Å². The lowest BCUT2D eigenvalue weighted by Crippen LogP contribution is -2.09. The summed E-state index contributed by atoms with van der Waals surface area (Å²) < 4.78 is 33.6. The molecule has 5 heterocycles. The molecule has 0 atom stereocenters. The van der Waals surface area contributed by atoms with Crippen LogP contribution in [0.2, 0.25) is 0 Å². The quantitative estimate of drug-likeness (QED) is 0.164. The molecule has 0 aliphatic carbocycles. The van der Waals surface area contributed by atoms with E-state index in [1.807, 2.05) is 24.3 Å². The summed E-state index contributed by atoms with van der Waals surface area (Å²) in [6, 6.07) is 80.5. The molecule has 0 bridgehead atoms. The molecule has 7 heteroatoms. The number of fused-ring (bicyclic) bond motifs is 19. The molecule has 350 valence electrons. The molecule has 0 saturated heterocycles. The van der Waals surface area contributed by atoms with Crippen molar-refractivity contribution in [3.05, 3.63) is 231 Å². The molecular formula is C68H38N2O5. The van der Waals surface area contributed by atoms with Crippen LogP contribution in [-0.2, 0) is 0 Å². The second-order valence-electron chi connectivity index (χ2n) is 19.5. The van der Waals surface area contributed by atoms with Gasteiger partial charge in [-0.05, 0) is 106 Å². The van der Waals surface area contributed by atoms with Gasteiger partial charge < -0.3 is 31.9 Å². The van der Waals surface area contributed by atoms with Gasteiger partial charge in [0, 0.05) is 89.5 Å². The number of hydrogen-bond donors (Lipinski definition) is 0. The van der Waals surface area contributed by atoms with E-state index in [-0.39, 0.29) is 0 Å². The summed E-state index contributed by atoms with van der Waals surface area (Å²) in [5.74, 6) is 0. The number of nitrogens with zero attached hydrogens (tertiary/aromatic N) is 2. The normalized spacial score (nSPS) is 12.3. The highest BCUT2D eigenvalue weighted by Gasteiger charge is 2.25. The highest BCUT2D eigenvalue weighted by Crippen LogP contribution is 2.48. The predicted molar refractivity (Wildman–Crippen MR) is 307 cm³/mol. The van der Waals surface area contributed by atoms with Crippen molar-refractivity contribution >= 4 is 165 Å². The van der Waals surface area contributed by atoms with E-state index in [0.29, 0.717) is 0 Å². The van der Waals surface area contributed by atoms with Crippen molar-refractivity contribution in [1.29, 1.82) is 0 Å². The smallest absolute Gasteiger partial charge is 0.159 e. The Morgan fingerprint density at radius 2 is 0.600 bits per heavy atom. The van der Waals surface area contributed by atoms with Gasteiger partial charge in [-0.3, -0.25) is 0 Å². The molecule has 17 rings (SSSR count). The Balaban J connectivity index is 0.781. The SMILES string of the molecule is c1ccc(N(c2ccc3c(c2)oc2cc4oc5cc6oc7cc(N(c8ccccc8)c8cccc9c8oc8ccc%10ccccc%10c89)ccc7c6cc5c4cc23)c2cccc3c2oc2ccc4ccccc4c23)cc1. The van der Waals surface area contributed by atoms with Crippen LogP contribution in [0.15, 0.2) is 253 Å². The van der Waals surface area contributed by atoms with Gasteiger partial charge in [0.2, 0.25) is 0 Å². The largest absolute Gasteiger partial charge is 0.456 e. The van der Waals surface area contributed by atoms with E-state index in [2.05, 4.69) is 216 Å². The van der Waals surface area contributed by atoms with Gasteiger partial charge in [-0.2, -0.15) is 0 Å². The van der Waals surface area contributed by atoms with Gasteiger partial charge in [-0.15, -0.1) is 0 Å². The van der Waals surface area contributed by atoms with Crippen LogP contribution >= 0.6 is 0 Å². The van der Waals surface area contributed by atoms with E-state index in [4.69, 9.17) is 22.1 Å². The van der Waals surface area contributed by atoms with Crippen molar-refractivity contribution < 1.29 is 22.1 Å². The van der Waals surface area contributed by atoms with Crippen LogP contribution in [0.1, 0.15) is 0 Å². The number of anilines is 6. The lowest BCUT2D eigenvalue weighted by atomic mass is 10.0. The van der Waals surface area contributed by atoms with E-state index < -0.39 is 0 Å². The average molecular weight is 963 g/mol. The van der Waals surface area contributed by atoms with Gasteiger partial charge in [0.25, 0.3) is 0 Å². The summed E-state index contributed by atoms with van der Waals surface area (Å²) in [6.07, 6.45) is 0. The third kappa shape index (κ3) is 5.86. The first-order valence-corrected chi connectivity index (χ1v) is 25.2. The first-order valence-electron chi connectivity index (χ1n) is 25.2. The van der Waals surface area contributed by atoms with Crippen LogP contribution in [0, 0.1) is 0 Å². The summed E-state index contributed by atoms with van der Waals surface area (Å²) >= 11 is 0. The lowest BCUT2D eigenvalue weighted by Gasteiger charge is -2.25. The van der Waals surface area contributed by atoms with Crippen molar-refractivity contribution in [3.8, 4) is 0 Å². The summed E-state index contributed by atoms with van der Waals surface area (Å²) in [5, 5.41) is 15.2. The van der Waals surface area contributed by atoms with Crippen molar-refractivity contribution in [2.45, 2.75) is 0 Å². The highest BCUT2D eigenvalue weighted by atomic mass is 16.4. The molecule has 0 N–H and O–H groups in total. The summed E-state index contributed by atoms with van der Waals surface area (Å²) in [4.78, 5) is 4.51. The maximum absolute atomic E-state index is 6.76. The molecular weight excluding hydrogens is 925 g/mol. The van der Waals surface area contributed by atoms with Crippen molar-refractivity contribution in [2.24, 2.45) is 0 Å². The minimum absolute atomic E-state index is 0.747. The zero-order valence-electron chi connectivity index (χ0n) is 39.9. The Morgan fingerprint density at radius 3 is 1.05 bits per heavy atom. The molecule has 0 saturated carbocycles. The van der Waals surface area contributed by atoms with Gasteiger partial charge >= 0.3 is 0 Å². The van der Waals surface area contributed by atoms with E-state index in [0.717, 1.165) is 144 Å². The Hall–Kier alpha value is -10.2. The van der Waals surface area contributed by atoms with Gasteiger partial charge in [0.05, 0.1) is 22.7 Å². The van der Waals surface area contributed by atoms with Crippen LogP contribution in [0.5, 0.6) is 0 Å². The van der Waals surface area contributed by atoms with Crippen LogP contribution in [0.25, 0.3) is 131 Å². The van der Waals surface area contributed by atoms with E-state index in [1.165, 1.54) is 21.5 Å². The fraction of sp³-hybridized carbons (Fsp3) is 0. The third-order valence-electron chi connectivity index (χ3n) is 15.4. The molecule has 5 aromatic heterocycles. The van der Waals surface area contributed by atoms with Crippen molar-refractivity contribution in [2.75, 3.05) is 9.80 Å². The Morgan fingerprint density at radius 1 is 0.213 bits per heavy atom. The minimum Gasteiger partial charge on any atom is -0.456 e. The molecule has 7 nitrogen and oxygen atoms in total. The zero-order chi connectivity index (χ0) is 48.9. The minimum atomic E-state index is 0.747.